The number of carbonyl (C=O) groups excluding carboxylic acids is 2. The van der Waals surface area contributed by atoms with Crippen LogP contribution in [0.25, 0.3) is 0 Å². The molecule has 1 rings (SSSR count). The van der Waals surface area contributed by atoms with Gasteiger partial charge in [-0.15, -0.1) is 0 Å². The SMILES string of the molecule is C=C(CCC[C@H](NC(=O)OCc1ccccc1)C(=O)OC)C(=O)O. The topological polar surface area (TPSA) is 102 Å². The number of aliphatic carboxylic acids is 1. The van der Waals surface area contributed by atoms with Gasteiger partial charge in [0.1, 0.15) is 12.6 Å². The normalized spacial score (nSPS) is 11.2. The summed E-state index contributed by atoms with van der Waals surface area (Å²) in [5, 5.41) is 11.2. The molecule has 0 unspecified atom stereocenters. The molecule has 0 aliphatic rings. The fraction of sp³-hybridized carbons (Fsp3) is 0.353. The van der Waals surface area contributed by atoms with Gasteiger partial charge in [0.2, 0.25) is 0 Å². The largest absolute Gasteiger partial charge is 0.478 e. The number of carboxylic acid groups (broad SMARTS) is 1. The summed E-state index contributed by atoms with van der Waals surface area (Å²) in [5.41, 5.74) is 0.866. The van der Waals surface area contributed by atoms with Gasteiger partial charge in [0, 0.05) is 5.57 Å². The summed E-state index contributed by atoms with van der Waals surface area (Å²) in [5.74, 6) is -1.70. The Kier molecular flexibility index (Phi) is 8.04. The summed E-state index contributed by atoms with van der Waals surface area (Å²) in [6, 6.07) is 8.21. The van der Waals surface area contributed by atoms with Crippen LogP contribution in [0.1, 0.15) is 24.8 Å². The number of esters is 1. The number of alkyl carbamates (subject to hydrolysis) is 1. The first-order chi connectivity index (χ1) is 11.4. The number of hydrogen-bond acceptors (Lipinski definition) is 5. The standard InChI is InChI=1S/C17H21NO6/c1-12(15(19)20)7-6-10-14(16(21)23-2)18-17(22)24-11-13-8-4-3-5-9-13/h3-5,8-9,14H,1,6-7,10-11H2,2H3,(H,18,22)(H,19,20)/t14-/m0/s1. The van der Waals surface area contributed by atoms with Crippen molar-refractivity contribution in [2.75, 3.05) is 7.11 Å². The van der Waals surface area contributed by atoms with Crippen LogP contribution < -0.4 is 5.32 Å². The molecule has 130 valence electrons. The number of carbonyl (C=O) groups is 3. The van der Waals surface area contributed by atoms with Gasteiger partial charge in [0.25, 0.3) is 0 Å². The smallest absolute Gasteiger partial charge is 0.408 e. The highest BCUT2D eigenvalue weighted by molar-refractivity contribution is 5.85. The summed E-state index contributed by atoms with van der Waals surface area (Å²) < 4.78 is 9.68. The number of ether oxygens (including phenoxy) is 2. The summed E-state index contributed by atoms with van der Waals surface area (Å²) in [6.07, 6.45) is 0.0543. The van der Waals surface area contributed by atoms with E-state index in [9.17, 15) is 14.4 Å². The minimum absolute atomic E-state index is 0.0465. The zero-order valence-electron chi connectivity index (χ0n) is 13.5. The van der Waals surface area contributed by atoms with Crippen LogP contribution in [0.5, 0.6) is 0 Å². The van der Waals surface area contributed by atoms with Crippen LogP contribution in [0.2, 0.25) is 0 Å². The van der Waals surface area contributed by atoms with Crippen LogP contribution in [0.3, 0.4) is 0 Å². The maximum Gasteiger partial charge on any atom is 0.408 e. The summed E-state index contributed by atoms with van der Waals surface area (Å²) >= 11 is 0. The number of benzene rings is 1. The molecule has 1 amide bonds. The lowest BCUT2D eigenvalue weighted by Crippen LogP contribution is -2.41. The molecule has 0 saturated heterocycles. The molecule has 0 aliphatic heterocycles. The molecule has 0 spiro atoms. The molecular formula is C17H21NO6. The number of carboxylic acids is 1. The zero-order chi connectivity index (χ0) is 17.9. The Morgan fingerprint density at radius 3 is 2.50 bits per heavy atom. The third kappa shape index (κ3) is 6.95. The van der Waals surface area contributed by atoms with E-state index in [1.165, 1.54) is 7.11 Å². The van der Waals surface area contributed by atoms with Crippen LogP contribution in [0, 0.1) is 0 Å². The van der Waals surface area contributed by atoms with Crippen molar-refractivity contribution in [2.45, 2.75) is 31.9 Å². The van der Waals surface area contributed by atoms with Crippen molar-refractivity contribution >= 4 is 18.0 Å². The second-order valence-corrected chi connectivity index (χ2v) is 5.08. The van der Waals surface area contributed by atoms with E-state index >= 15 is 0 Å². The maximum atomic E-state index is 11.8. The van der Waals surface area contributed by atoms with E-state index in [1.807, 2.05) is 30.3 Å². The van der Waals surface area contributed by atoms with Crippen molar-refractivity contribution in [1.82, 2.24) is 5.32 Å². The predicted octanol–water partition coefficient (Wildman–Crippen LogP) is 2.27. The van der Waals surface area contributed by atoms with Gasteiger partial charge in [0.05, 0.1) is 7.11 Å². The maximum absolute atomic E-state index is 11.8. The van der Waals surface area contributed by atoms with Crippen LogP contribution >= 0.6 is 0 Å². The third-order valence-corrected chi connectivity index (χ3v) is 3.26. The molecule has 7 heteroatoms. The highest BCUT2D eigenvalue weighted by Gasteiger charge is 2.22. The Labute approximate surface area is 140 Å². The molecule has 1 atom stereocenters. The highest BCUT2D eigenvalue weighted by atomic mass is 16.6. The fourth-order valence-corrected chi connectivity index (χ4v) is 1.92. The van der Waals surface area contributed by atoms with Gasteiger partial charge in [-0.3, -0.25) is 0 Å². The fourth-order valence-electron chi connectivity index (χ4n) is 1.92. The summed E-state index contributed by atoms with van der Waals surface area (Å²) in [7, 11) is 1.21. The Bertz CT molecular complexity index is 584. The minimum Gasteiger partial charge on any atom is -0.478 e. The number of hydrogen-bond donors (Lipinski definition) is 2. The van der Waals surface area contributed by atoms with E-state index in [2.05, 4.69) is 16.6 Å². The first-order valence-electron chi connectivity index (χ1n) is 7.40. The van der Waals surface area contributed by atoms with E-state index in [1.54, 1.807) is 0 Å². The number of rotatable bonds is 9. The predicted molar refractivity (Wildman–Crippen MR) is 86.2 cm³/mol. The molecule has 0 saturated carbocycles. The molecule has 0 bridgehead atoms. The van der Waals surface area contributed by atoms with Gasteiger partial charge in [-0.25, -0.2) is 14.4 Å². The summed E-state index contributed by atoms with van der Waals surface area (Å²) in [4.78, 5) is 34.2. The molecule has 0 fully saturated rings. The quantitative estimate of drug-likeness (QED) is 0.530. The monoisotopic (exact) mass is 335 g/mol. The molecule has 0 aromatic heterocycles. The van der Waals surface area contributed by atoms with Gasteiger partial charge in [-0.05, 0) is 24.8 Å². The number of amides is 1. The second-order valence-electron chi connectivity index (χ2n) is 5.08. The molecule has 2 N–H and O–H groups in total. The van der Waals surface area contributed by atoms with Crippen LogP contribution in [-0.2, 0) is 25.7 Å². The van der Waals surface area contributed by atoms with Crippen molar-refractivity contribution in [3.8, 4) is 0 Å². The van der Waals surface area contributed by atoms with Crippen molar-refractivity contribution in [3.05, 3.63) is 48.0 Å². The van der Waals surface area contributed by atoms with Crippen LogP contribution in [0.4, 0.5) is 4.79 Å². The van der Waals surface area contributed by atoms with E-state index in [-0.39, 0.29) is 25.0 Å². The van der Waals surface area contributed by atoms with Crippen molar-refractivity contribution < 1.29 is 29.0 Å². The lowest BCUT2D eigenvalue weighted by molar-refractivity contribution is -0.143. The first kappa shape index (κ1) is 19.2. The van der Waals surface area contributed by atoms with Gasteiger partial charge >= 0.3 is 18.0 Å². The Morgan fingerprint density at radius 1 is 1.25 bits per heavy atom. The van der Waals surface area contributed by atoms with Gasteiger partial charge in [-0.1, -0.05) is 36.9 Å². The van der Waals surface area contributed by atoms with Crippen LogP contribution in [-0.4, -0.2) is 36.3 Å². The lowest BCUT2D eigenvalue weighted by atomic mass is 10.1. The Balaban J connectivity index is 2.46. The van der Waals surface area contributed by atoms with Gasteiger partial charge in [-0.2, -0.15) is 0 Å². The first-order valence-corrected chi connectivity index (χ1v) is 7.40. The van der Waals surface area contributed by atoms with Gasteiger partial charge < -0.3 is 19.9 Å². The summed E-state index contributed by atoms with van der Waals surface area (Å²) in [6.45, 7) is 3.49. The average molecular weight is 335 g/mol. The van der Waals surface area contributed by atoms with Crippen molar-refractivity contribution in [1.29, 1.82) is 0 Å². The lowest BCUT2D eigenvalue weighted by Gasteiger charge is -2.16. The highest BCUT2D eigenvalue weighted by Crippen LogP contribution is 2.09. The average Bonchev–Trinajstić information content (AvgIpc) is 2.59. The number of methoxy groups -OCH3 is 1. The zero-order valence-corrected chi connectivity index (χ0v) is 13.5. The second kappa shape index (κ2) is 10.0. The molecule has 1 aromatic carbocycles. The van der Waals surface area contributed by atoms with E-state index < -0.39 is 24.1 Å². The van der Waals surface area contributed by atoms with Crippen LogP contribution in [0.15, 0.2) is 42.5 Å². The van der Waals surface area contributed by atoms with E-state index in [4.69, 9.17) is 9.84 Å². The van der Waals surface area contributed by atoms with Gasteiger partial charge in [0.15, 0.2) is 0 Å². The Hall–Kier alpha value is -2.83. The van der Waals surface area contributed by atoms with E-state index in [0.717, 1.165) is 5.56 Å². The molecule has 7 nitrogen and oxygen atoms in total. The molecule has 0 radical (unpaired) electrons. The molecular weight excluding hydrogens is 314 g/mol. The Morgan fingerprint density at radius 2 is 1.92 bits per heavy atom. The third-order valence-electron chi connectivity index (χ3n) is 3.26. The van der Waals surface area contributed by atoms with Crippen molar-refractivity contribution in [2.24, 2.45) is 0 Å². The molecule has 0 aliphatic carbocycles. The van der Waals surface area contributed by atoms with Crippen molar-refractivity contribution in [3.63, 3.8) is 0 Å². The van der Waals surface area contributed by atoms with E-state index in [0.29, 0.717) is 6.42 Å². The minimum atomic E-state index is -1.08. The number of nitrogens with one attached hydrogen (secondary N) is 1. The molecule has 0 heterocycles. The molecule has 24 heavy (non-hydrogen) atoms. The molecule has 1 aromatic rings.